The van der Waals surface area contributed by atoms with Gasteiger partial charge in [0.05, 0.1) is 30.2 Å². The molecule has 26 heavy (non-hydrogen) atoms. The Bertz CT molecular complexity index is 1130. The average Bonchev–Trinajstić information content (AvgIpc) is 3.17. The molecule has 2 aromatic carbocycles. The van der Waals surface area contributed by atoms with Gasteiger partial charge < -0.3 is 14.8 Å². The minimum Gasteiger partial charge on any atom is -0.493 e. The second kappa shape index (κ2) is 5.92. The van der Waals surface area contributed by atoms with Gasteiger partial charge in [0.15, 0.2) is 11.5 Å². The Kier molecular flexibility index (Phi) is 3.57. The topological polar surface area (TPSA) is 120 Å². The lowest BCUT2D eigenvalue weighted by atomic mass is 10.2. The zero-order chi connectivity index (χ0) is 18.3. The fraction of sp³-hybridized carbons (Fsp3) is 0.125. The van der Waals surface area contributed by atoms with Crippen molar-refractivity contribution in [3.63, 3.8) is 0 Å². The van der Waals surface area contributed by atoms with Crippen LogP contribution in [-0.4, -0.2) is 38.7 Å². The van der Waals surface area contributed by atoms with E-state index in [9.17, 15) is 10.1 Å². The number of aromatic nitrogens is 4. The smallest absolute Gasteiger partial charge is 0.292 e. The van der Waals surface area contributed by atoms with Gasteiger partial charge in [0.25, 0.3) is 11.5 Å². The van der Waals surface area contributed by atoms with Crippen molar-refractivity contribution < 1.29 is 14.4 Å². The Morgan fingerprint density at radius 2 is 1.88 bits per heavy atom. The number of anilines is 2. The molecule has 0 fully saturated rings. The first-order chi connectivity index (χ1) is 12.6. The van der Waals surface area contributed by atoms with Gasteiger partial charge in [-0.1, -0.05) is 12.1 Å². The first-order valence-corrected chi connectivity index (χ1v) is 7.61. The molecule has 0 aliphatic heterocycles. The SMILES string of the molecule is COc1cc2nc3nc(Nc4ccccc4[N+](=O)[O-])[nH]n3c2cc1OC. The van der Waals surface area contributed by atoms with Crippen LogP contribution in [0.25, 0.3) is 16.8 Å². The lowest BCUT2D eigenvalue weighted by molar-refractivity contribution is -0.383. The zero-order valence-corrected chi connectivity index (χ0v) is 13.9. The van der Waals surface area contributed by atoms with E-state index in [1.165, 1.54) is 6.07 Å². The number of nitrogens with zero attached hydrogens (tertiary/aromatic N) is 4. The van der Waals surface area contributed by atoms with Crippen molar-refractivity contribution >= 4 is 34.1 Å². The fourth-order valence-electron chi connectivity index (χ4n) is 2.73. The molecule has 10 nitrogen and oxygen atoms in total. The predicted molar refractivity (Wildman–Crippen MR) is 94.3 cm³/mol. The second-order valence-corrected chi connectivity index (χ2v) is 5.41. The Hall–Kier alpha value is -3.82. The Morgan fingerprint density at radius 3 is 2.62 bits per heavy atom. The summed E-state index contributed by atoms with van der Waals surface area (Å²) in [6, 6.07) is 9.87. The first kappa shape index (κ1) is 15.7. The van der Waals surface area contributed by atoms with Gasteiger partial charge in [0.1, 0.15) is 5.69 Å². The predicted octanol–water partition coefficient (Wildman–Crippen LogP) is 2.88. The minimum absolute atomic E-state index is 0.0437. The number of imidazole rings is 1. The van der Waals surface area contributed by atoms with E-state index in [1.807, 2.05) is 0 Å². The number of methoxy groups -OCH3 is 2. The molecule has 0 bridgehead atoms. The largest absolute Gasteiger partial charge is 0.493 e. The molecule has 0 saturated carbocycles. The van der Waals surface area contributed by atoms with Gasteiger partial charge in [-0.2, -0.15) is 4.98 Å². The maximum Gasteiger partial charge on any atom is 0.292 e. The van der Waals surface area contributed by atoms with Gasteiger partial charge in [-0.3, -0.25) is 15.2 Å². The summed E-state index contributed by atoms with van der Waals surface area (Å²) in [5.41, 5.74) is 1.70. The molecular formula is C16H14N6O4. The van der Waals surface area contributed by atoms with Gasteiger partial charge in [0, 0.05) is 18.2 Å². The van der Waals surface area contributed by atoms with E-state index < -0.39 is 4.92 Å². The molecule has 132 valence electrons. The van der Waals surface area contributed by atoms with E-state index >= 15 is 0 Å². The maximum absolute atomic E-state index is 11.1. The quantitative estimate of drug-likeness (QED) is 0.418. The summed E-state index contributed by atoms with van der Waals surface area (Å²) < 4.78 is 12.3. The lowest BCUT2D eigenvalue weighted by Gasteiger charge is -2.06. The number of rotatable bonds is 5. The van der Waals surface area contributed by atoms with Crippen molar-refractivity contribution in [1.82, 2.24) is 19.6 Å². The number of para-hydroxylation sites is 2. The van der Waals surface area contributed by atoms with Crippen molar-refractivity contribution in [3.05, 3.63) is 46.5 Å². The van der Waals surface area contributed by atoms with Crippen LogP contribution in [0.1, 0.15) is 0 Å². The number of ether oxygens (including phenoxy) is 2. The van der Waals surface area contributed by atoms with E-state index in [4.69, 9.17) is 9.47 Å². The molecule has 0 saturated heterocycles. The third-order valence-corrected chi connectivity index (χ3v) is 3.93. The molecule has 0 amide bonds. The van der Waals surface area contributed by atoms with Gasteiger partial charge in [-0.05, 0) is 6.07 Å². The molecule has 0 aliphatic carbocycles. The van der Waals surface area contributed by atoms with Crippen LogP contribution in [0.15, 0.2) is 36.4 Å². The van der Waals surface area contributed by atoms with Crippen LogP contribution in [0.5, 0.6) is 11.5 Å². The van der Waals surface area contributed by atoms with Crippen molar-refractivity contribution in [1.29, 1.82) is 0 Å². The number of benzene rings is 2. The molecule has 0 unspecified atom stereocenters. The van der Waals surface area contributed by atoms with Crippen molar-refractivity contribution in [2.24, 2.45) is 0 Å². The summed E-state index contributed by atoms with van der Waals surface area (Å²) in [6.07, 6.45) is 0. The highest BCUT2D eigenvalue weighted by atomic mass is 16.6. The standard InChI is InChI=1S/C16H14N6O4/c1-25-13-7-10-12(8-14(13)26-2)21-16(18-10)19-15(20-21)17-9-5-3-4-6-11(9)22(23)24/h3-8H,1-2H3,(H2,17,18,19,20). The molecule has 2 aromatic heterocycles. The van der Waals surface area contributed by atoms with Crippen LogP contribution in [0, 0.1) is 10.1 Å². The van der Waals surface area contributed by atoms with Crippen LogP contribution in [0.2, 0.25) is 0 Å². The van der Waals surface area contributed by atoms with Gasteiger partial charge in [-0.25, -0.2) is 9.50 Å². The van der Waals surface area contributed by atoms with Crippen LogP contribution in [0.3, 0.4) is 0 Å². The number of nitro groups is 1. The van der Waals surface area contributed by atoms with Crippen molar-refractivity contribution in [3.8, 4) is 11.5 Å². The highest BCUT2D eigenvalue weighted by molar-refractivity contribution is 5.83. The summed E-state index contributed by atoms with van der Waals surface area (Å²) >= 11 is 0. The summed E-state index contributed by atoms with van der Waals surface area (Å²) in [7, 11) is 3.11. The van der Waals surface area contributed by atoms with Crippen LogP contribution in [0.4, 0.5) is 17.3 Å². The fourth-order valence-corrected chi connectivity index (χ4v) is 2.73. The molecule has 4 aromatic rings. The molecule has 10 heteroatoms. The van der Waals surface area contributed by atoms with Gasteiger partial charge >= 0.3 is 0 Å². The first-order valence-electron chi connectivity index (χ1n) is 7.61. The molecule has 0 atom stereocenters. The summed E-state index contributed by atoms with van der Waals surface area (Å²) in [6.45, 7) is 0. The lowest BCUT2D eigenvalue weighted by Crippen LogP contribution is -1.98. The van der Waals surface area contributed by atoms with E-state index in [1.54, 1.807) is 49.1 Å². The molecule has 2 heterocycles. The number of nitro benzene ring substituents is 1. The van der Waals surface area contributed by atoms with E-state index in [0.717, 1.165) is 5.52 Å². The van der Waals surface area contributed by atoms with Gasteiger partial charge in [0.2, 0.25) is 5.95 Å². The third-order valence-electron chi connectivity index (χ3n) is 3.93. The minimum atomic E-state index is -0.455. The zero-order valence-electron chi connectivity index (χ0n) is 13.9. The van der Waals surface area contributed by atoms with E-state index in [2.05, 4.69) is 20.4 Å². The highest BCUT2D eigenvalue weighted by Crippen LogP contribution is 2.32. The third kappa shape index (κ3) is 2.44. The van der Waals surface area contributed by atoms with Crippen molar-refractivity contribution in [2.45, 2.75) is 0 Å². The second-order valence-electron chi connectivity index (χ2n) is 5.41. The molecule has 0 spiro atoms. The monoisotopic (exact) mass is 354 g/mol. The summed E-state index contributed by atoms with van der Waals surface area (Å²) in [5.74, 6) is 1.87. The average molecular weight is 354 g/mol. The molecular weight excluding hydrogens is 340 g/mol. The van der Waals surface area contributed by atoms with Crippen LogP contribution >= 0.6 is 0 Å². The summed E-state index contributed by atoms with van der Waals surface area (Å²) in [5, 5.41) is 17.1. The number of hydrogen-bond donors (Lipinski definition) is 2. The molecule has 4 rings (SSSR count). The molecule has 0 aliphatic rings. The van der Waals surface area contributed by atoms with E-state index in [0.29, 0.717) is 34.4 Å². The van der Waals surface area contributed by atoms with E-state index in [-0.39, 0.29) is 5.69 Å². The van der Waals surface area contributed by atoms with Crippen LogP contribution < -0.4 is 14.8 Å². The normalized spacial score (nSPS) is 11.0. The summed E-state index contributed by atoms with van der Waals surface area (Å²) in [4.78, 5) is 19.4. The maximum atomic E-state index is 11.1. The number of aromatic amines is 1. The van der Waals surface area contributed by atoms with Crippen molar-refractivity contribution in [2.75, 3.05) is 19.5 Å². The Labute approximate surface area is 146 Å². The number of fused-ring (bicyclic) bond motifs is 3. The Morgan fingerprint density at radius 1 is 1.15 bits per heavy atom. The molecule has 2 N–H and O–H groups in total. The number of H-pyrrole nitrogens is 1. The van der Waals surface area contributed by atoms with Gasteiger partial charge in [-0.15, -0.1) is 0 Å². The molecule has 0 radical (unpaired) electrons. The Balaban J connectivity index is 1.78. The highest BCUT2D eigenvalue weighted by Gasteiger charge is 2.17. The number of hydrogen-bond acceptors (Lipinski definition) is 7. The van der Waals surface area contributed by atoms with Crippen LogP contribution in [-0.2, 0) is 0 Å². The number of nitrogens with one attached hydrogen (secondary N) is 2.